The van der Waals surface area contributed by atoms with Crippen LogP contribution in [0.3, 0.4) is 0 Å². The summed E-state index contributed by atoms with van der Waals surface area (Å²) >= 11 is 0. The summed E-state index contributed by atoms with van der Waals surface area (Å²) in [4.78, 5) is 29.8. The molecule has 0 aliphatic rings. The molecule has 0 amide bonds. The Bertz CT molecular complexity index is 363. The molecule has 0 aliphatic carbocycles. The maximum atomic E-state index is 10.5. The van der Waals surface area contributed by atoms with E-state index in [0.717, 1.165) is 18.2 Å². The zero-order chi connectivity index (χ0) is 17.5. The van der Waals surface area contributed by atoms with Crippen LogP contribution >= 0.6 is 0 Å². The molecule has 120 valence electrons. The third-order valence-corrected chi connectivity index (χ3v) is 1.20. The minimum Gasteiger partial charge on any atom is -0.478 e. The number of carboxylic acid groups (broad SMARTS) is 1. The van der Waals surface area contributed by atoms with Crippen LogP contribution < -0.4 is 0 Å². The summed E-state index contributed by atoms with van der Waals surface area (Å²) in [5.41, 5.74) is -0.398. The van der Waals surface area contributed by atoms with E-state index in [2.05, 4.69) is 24.5 Å². The fourth-order valence-electron chi connectivity index (χ4n) is 0.545. The Morgan fingerprint density at radius 2 is 1.38 bits per heavy atom. The van der Waals surface area contributed by atoms with Crippen LogP contribution in [0.4, 0.5) is 0 Å². The number of carbonyl (C=O) groups excluding carboxylic acids is 2. The summed E-state index contributed by atoms with van der Waals surface area (Å²) in [6, 6.07) is 0. The number of hydrogen-bond acceptors (Lipinski definition) is 5. The maximum absolute atomic E-state index is 10.5. The Morgan fingerprint density at radius 3 is 1.48 bits per heavy atom. The molecule has 0 heterocycles. The monoisotopic (exact) mass is 300 g/mol. The second-order valence-electron chi connectivity index (χ2n) is 4.24. The number of carboxylic acids is 1. The van der Waals surface area contributed by atoms with E-state index in [4.69, 9.17) is 9.84 Å². The van der Waals surface area contributed by atoms with E-state index < -0.39 is 11.6 Å². The van der Waals surface area contributed by atoms with Crippen LogP contribution in [0.1, 0.15) is 27.7 Å². The summed E-state index contributed by atoms with van der Waals surface area (Å²) < 4.78 is 9.26. The molecule has 0 saturated heterocycles. The normalized spacial score (nSPS) is 8.57. The lowest BCUT2D eigenvalue weighted by atomic mass is 10.2. The predicted molar refractivity (Wildman–Crippen MR) is 80.7 cm³/mol. The van der Waals surface area contributed by atoms with Crippen LogP contribution in [-0.2, 0) is 23.9 Å². The van der Waals surface area contributed by atoms with Gasteiger partial charge < -0.3 is 14.6 Å². The van der Waals surface area contributed by atoms with Gasteiger partial charge in [-0.3, -0.25) is 0 Å². The van der Waals surface area contributed by atoms with Gasteiger partial charge in [0, 0.05) is 18.2 Å². The van der Waals surface area contributed by atoms with Gasteiger partial charge in [-0.1, -0.05) is 19.7 Å². The second kappa shape index (κ2) is 14.0. The summed E-state index contributed by atoms with van der Waals surface area (Å²) in [5, 5.41) is 7.60. The first-order valence-corrected chi connectivity index (χ1v) is 6.03. The first kappa shape index (κ1) is 23.7. The van der Waals surface area contributed by atoms with Crippen LogP contribution in [0.5, 0.6) is 0 Å². The first-order chi connectivity index (χ1) is 9.53. The molecule has 0 aromatic heterocycles. The van der Waals surface area contributed by atoms with Gasteiger partial charge in [-0.05, 0) is 27.7 Å². The molecule has 0 unspecified atom stereocenters. The molecule has 0 atom stereocenters. The van der Waals surface area contributed by atoms with Crippen molar-refractivity contribution >= 4 is 17.9 Å². The minimum atomic E-state index is -0.981. The Morgan fingerprint density at radius 1 is 1.00 bits per heavy atom. The highest BCUT2D eigenvalue weighted by atomic mass is 16.6. The van der Waals surface area contributed by atoms with Crippen LogP contribution in [0, 0.1) is 0 Å². The summed E-state index contributed by atoms with van der Waals surface area (Å²) in [7, 11) is 0. The van der Waals surface area contributed by atoms with Crippen LogP contribution in [0.2, 0.25) is 0 Å². The molecule has 0 saturated carbocycles. The molecule has 0 aromatic rings. The predicted octanol–water partition coefficient (Wildman–Crippen LogP) is 2.51. The molecular formula is C15H24O6. The van der Waals surface area contributed by atoms with Crippen molar-refractivity contribution in [1.82, 2.24) is 0 Å². The van der Waals surface area contributed by atoms with Crippen LogP contribution in [-0.4, -0.2) is 35.2 Å². The fraction of sp³-hybridized carbons (Fsp3) is 0.400. The maximum Gasteiger partial charge on any atom is 0.330 e. The highest BCUT2D eigenvalue weighted by Gasteiger charge is 2.12. The standard InChI is InChI=1S/C7H12O2.C5H8O2.C3H4O2/c1-5-6(8)9-7(2,3)4;1-3-5(6)7-4-2;1-2-3(4)5/h5H,1H2,2-4H3;3H,1,4H2,2H3;2H,1H2,(H,4,5). The lowest BCUT2D eigenvalue weighted by Gasteiger charge is -2.17. The number of hydrogen-bond donors (Lipinski definition) is 1. The highest BCUT2D eigenvalue weighted by molar-refractivity contribution is 5.81. The van der Waals surface area contributed by atoms with Gasteiger partial charge in [0.25, 0.3) is 0 Å². The summed E-state index contributed by atoms with van der Waals surface area (Å²) in [6.07, 6.45) is 3.13. The molecule has 21 heavy (non-hydrogen) atoms. The van der Waals surface area contributed by atoms with Crippen molar-refractivity contribution in [2.45, 2.75) is 33.3 Å². The Balaban J connectivity index is -0.000000242. The summed E-state index contributed by atoms with van der Waals surface area (Å²) in [5.74, 6) is -1.71. The van der Waals surface area contributed by atoms with Crippen molar-refractivity contribution in [1.29, 1.82) is 0 Å². The van der Waals surface area contributed by atoms with Crippen molar-refractivity contribution in [3.05, 3.63) is 38.0 Å². The van der Waals surface area contributed by atoms with Gasteiger partial charge in [-0.2, -0.15) is 0 Å². The van der Waals surface area contributed by atoms with Gasteiger partial charge in [0.2, 0.25) is 0 Å². The van der Waals surface area contributed by atoms with E-state index in [1.807, 2.05) is 20.8 Å². The quantitative estimate of drug-likeness (QED) is 0.633. The van der Waals surface area contributed by atoms with E-state index in [9.17, 15) is 14.4 Å². The van der Waals surface area contributed by atoms with Gasteiger partial charge in [0.05, 0.1) is 6.61 Å². The van der Waals surface area contributed by atoms with E-state index in [0.29, 0.717) is 6.61 Å². The number of aliphatic carboxylic acids is 1. The van der Waals surface area contributed by atoms with Crippen molar-refractivity contribution in [3.63, 3.8) is 0 Å². The van der Waals surface area contributed by atoms with Crippen LogP contribution in [0.25, 0.3) is 0 Å². The average molecular weight is 300 g/mol. The SMILES string of the molecule is C=CC(=O)O.C=CC(=O)OC(C)(C)C.C=CC(=O)OCC. The van der Waals surface area contributed by atoms with Gasteiger partial charge >= 0.3 is 17.9 Å². The molecule has 0 fully saturated rings. The van der Waals surface area contributed by atoms with Gasteiger partial charge in [-0.15, -0.1) is 0 Å². The topological polar surface area (TPSA) is 89.9 Å². The molecule has 6 nitrogen and oxygen atoms in total. The molecule has 0 spiro atoms. The van der Waals surface area contributed by atoms with E-state index in [1.165, 1.54) is 0 Å². The van der Waals surface area contributed by atoms with Crippen LogP contribution in [0.15, 0.2) is 38.0 Å². The molecule has 0 rings (SSSR count). The Labute approximate surface area is 125 Å². The van der Waals surface area contributed by atoms with E-state index in [1.54, 1.807) is 6.92 Å². The Hall–Kier alpha value is -2.37. The number of carbonyl (C=O) groups is 3. The highest BCUT2D eigenvalue weighted by Crippen LogP contribution is 2.06. The third-order valence-electron chi connectivity index (χ3n) is 1.20. The third kappa shape index (κ3) is 31.8. The molecule has 0 aromatic carbocycles. The Kier molecular flexibility index (Phi) is 15.9. The fourth-order valence-corrected chi connectivity index (χ4v) is 0.545. The molecule has 0 radical (unpaired) electrons. The number of rotatable bonds is 4. The smallest absolute Gasteiger partial charge is 0.330 e. The minimum absolute atomic E-state index is 0.359. The van der Waals surface area contributed by atoms with E-state index >= 15 is 0 Å². The van der Waals surface area contributed by atoms with Crippen molar-refractivity contribution in [2.24, 2.45) is 0 Å². The molecule has 1 N–H and O–H groups in total. The zero-order valence-electron chi connectivity index (χ0n) is 13.0. The largest absolute Gasteiger partial charge is 0.478 e. The molecule has 0 bridgehead atoms. The average Bonchev–Trinajstić information content (AvgIpc) is 2.38. The molecular weight excluding hydrogens is 276 g/mol. The van der Waals surface area contributed by atoms with Crippen molar-refractivity contribution < 1.29 is 29.0 Å². The molecule has 0 aliphatic heterocycles. The van der Waals surface area contributed by atoms with Crippen molar-refractivity contribution in [2.75, 3.05) is 6.61 Å². The van der Waals surface area contributed by atoms with Crippen molar-refractivity contribution in [3.8, 4) is 0 Å². The lowest BCUT2D eigenvalue weighted by Crippen LogP contribution is -2.22. The lowest BCUT2D eigenvalue weighted by molar-refractivity contribution is -0.148. The first-order valence-electron chi connectivity index (χ1n) is 6.03. The number of esters is 2. The molecule has 6 heteroatoms. The number of ether oxygens (including phenoxy) is 2. The van der Waals surface area contributed by atoms with Gasteiger partial charge in [0.15, 0.2) is 0 Å². The second-order valence-corrected chi connectivity index (χ2v) is 4.24. The van der Waals surface area contributed by atoms with E-state index in [-0.39, 0.29) is 11.9 Å². The zero-order valence-corrected chi connectivity index (χ0v) is 13.0. The summed E-state index contributed by atoms with van der Waals surface area (Å²) in [6.45, 7) is 17.1. The van der Waals surface area contributed by atoms with Gasteiger partial charge in [-0.25, -0.2) is 14.4 Å². The van der Waals surface area contributed by atoms with Gasteiger partial charge in [0.1, 0.15) is 5.60 Å².